The zero-order valence-electron chi connectivity index (χ0n) is 15.0. The highest BCUT2D eigenvalue weighted by molar-refractivity contribution is 8.14. The third-order valence-electron chi connectivity index (χ3n) is 3.33. The van der Waals surface area contributed by atoms with Gasteiger partial charge in [-0.3, -0.25) is 19.2 Å². The number of carbonyl (C=O) groups excluding carboxylic acids is 4. The zero-order chi connectivity index (χ0) is 21.1. The molecule has 0 fully saturated rings. The number of alkyl carbamates (subject to hydrolysis) is 1. The molecule has 0 aliphatic rings. The quantitative estimate of drug-likeness (QED) is 0.418. The minimum Gasteiger partial charge on any atom is -0.481 e. The fourth-order valence-electron chi connectivity index (χ4n) is 1.87. The Hall–Kier alpha value is -3.08. The predicted octanol–water partition coefficient (Wildman–Crippen LogP) is 0.00590. The van der Waals surface area contributed by atoms with Crippen LogP contribution in [-0.4, -0.2) is 51.9 Å². The first-order valence-electron chi connectivity index (χ1n) is 8.13. The number of ether oxygens (including phenoxy) is 1. The molecule has 152 valence electrons. The van der Waals surface area contributed by atoms with E-state index in [-0.39, 0.29) is 6.61 Å². The Balaban J connectivity index is 2.70. The topological polar surface area (TPSA) is 165 Å². The molecule has 0 bridgehead atoms. The maximum Gasteiger partial charge on any atom is 0.408 e. The van der Waals surface area contributed by atoms with Gasteiger partial charge in [0, 0.05) is 6.42 Å². The number of nitrogens with one attached hydrogen (secondary N) is 2. The summed E-state index contributed by atoms with van der Waals surface area (Å²) in [6.07, 6.45) is -1.44. The lowest BCUT2D eigenvalue weighted by molar-refractivity contribution is -0.134. The van der Waals surface area contributed by atoms with Gasteiger partial charge in [-0.15, -0.1) is 0 Å². The van der Waals surface area contributed by atoms with Gasteiger partial charge >= 0.3 is 12.1 Å². The van der Waals surface area contributed by atoms with Crippen LogP contribution >= 0.6 is 11.8 Å². The summed E-state index contributed by atoms with van der Waals surface area (Å²) < 4.78 is 5.01. The Labute approximate surface area is 165 Å². The molecule has 1 aromatic carbocycles. The molecule has 3 amide bonds. The van der Waals surface area contributed by atoms with Gasteiger partial charge in [-0.1, -0.05) is 42.1 Å². The van der Waals surface area contributed by atoms with Crippen LogP contribution in [0.15, 0.2) is 30.3 Å². The number of benzene rings is 1. The van der Waals surface area contributed by atoms with Crippen molar-refractivity contribution in [2.75, 3.05) is 5.75 Å². The molecule has 0 heterocycles. The lowest BCUT2D eigenvalue weighted by Gasteiger charge is -2.19. The van der Waals surface area contributed by atoms with Gasteiger partial charge in [0.25, 0.3) is 0 Å². The number of aliphatic carboxylic acids is 1. The Morgan fingerprint density at radius 3 is 2.36 bits per heavy atom. The van der Waals surface area contributed by atoms with Crippen LogP contribution in [0.5, 0.6) is 0 Å². The van der Waals surface area contributed by atoms with Gasteiger partial charge in [0.2, 0.25) is 11.8 Å². The summed E-state index contributed by atoms with van der Waals surface area (Å²) in [5.74, 6) is -3.31. The van der Waals surface area contributed by atoms with E-state index in [1.165, 1.54) is 6.92 Å². The highest BCUT2D eigenvalue weighted by Gasteiger charge is 2.27. The standard InChI is InChI=1S/C17H21N3O7S/c1-10(15(18)24)19-16(25)12(7-14(23)28-9-13(21)22)20-17(26)27-8-11-5-3-2-4-6-11/h2-6,10,12H,7-9H2,1H3,(H2,18,24)(H,19,25)(H,20,26)(H,21,22)/t10-,12?/m0/s1. The summed E-state index contributed by atoms with van der Waals surface area (Å²) in [6.45, 7) is 1.28. The lowest BCUT2D eigenvalue weighted by atomic mass is 10.2. The number of primary amides is 1. The molecule has 0 saturated heterocycles. The van der Waals surface area contributed by atoms with Crippen molar-refractivity contribution in [3.8, 4) is 0 Å². The second kappa shape index (κ2) is 11.6. The largest absolute Gasteiger partial charge is 0.481 e. The van der Waals surface area contributed by atoms with Crippen LogP contribution < -0.4 is 16.4 Å². The number of hydrogen-bond donors (Lipinski definition) is 4. The van der Waals surface area contributed by atoms with Crippen LogP contribution in [0.4, 0.5) is 4.79 Å². The number of carboxylic acid groups (broad SMARTS) is 1. The van der Waals surface area contributed by atoms with Gasteiger partial charge in [0.1, 0.15) is 18.7 Å². The van der Waals surface area contributed by atoms with E-state index in [9.17, 15) is 24.0 Å². The minimum absolute atomic E-state index is 0.0551. The zero-order valence-corrected chi connectivity index (χ0v) is 15.9. The number of carbonyl (C=O) groups is 5. The normalized spacial score (nSPS) is 12.3. The van der Waals surface area contributed by atoms with Crippen molar-refractivity contribution in [3.63, 3.8) is 0 Å². The third-order valence-corrected chi connectivity index (χ3v) is 4.21. The van der Waals surface area contributed by atoms with Crippen LogP contribution in [0.2, 0.25) is 0 Å². The fraction of sp³-hybridized carbons (Fsp3) is 0.353. The molecule has 0 aliphatic carbocycles. The van der Waals surface area contributed by atoms with Crippen LogP contribution in [0.1, 0.15) is 18.9 Å². The number of rotatable bonds is 10. The molecule has 0 aliphatic heterocycles. The number of nitrogens with two attached hydrogens (primary N) is 1. The Morgan fingerprint density at radius 2 is 1.79 bits per heavy atom. The number of thioether (sulfide) groups is 1. The molecule has 2 atom stereocenters. The van der Waals surface area contributed by atoms with Crippen molar-refractivity contribution in [2.45, 2.75) is 32.0 Å². The summed E-state index contributed by atoms with van der Waals surface area (Å²) in [5.41, 5.74) is 5.79. The molecule has 5 N–H and O–H groups in total. The summed E-state index contributed by atoms with van der Waals surface area (Å²) in [4.78, 5) is 57.8. The highest BCUT2D eigenvalue weighted by Crippen LogP contribution is 2.09. The molecule has 0 saturated carbocycles. The number of carboxylic acids is 1. The van der Waals surface area contributed by atoms with E-state index in [0.717, 1.165) is 0 Å². The monoisotopic (exact) mass is 411 g/mol. The minimum atomic E-state index is -1.36. The van der Waals surface area contributed by atoms with Crippen LogP contribution in [0, 0.1) is 0 Å². The highest BCUT2D eigenvalue weighted by atomic mass is 32.2. The first kappa shape index (κ1) is 23.0. The molecular formula is C17H21N3O7S. The number of hydrogen-bond acceptors (Lipinski definition) is 7. The predicted molar refractivity (Wildman–Crippen MR) is 100 cm³/mol. The maximum absolute atomic E-state index is 12.3. The molecule has 1 unspecified atom stereocenters. The molecule has 0 radical (unpaired) electrons. The molecule has 11 heteroatoms. The van der Waals surface area contributed by atoms with Crippen molar-refractivity contribution in [2.24, 2.45) is 5.73 Å². The molecule has 10 nitrogen and oxygen atoms in total. The van der Waals surface area contributed by atoms with E-state index >= 15 is 0 Å². The van der Waals surface area contributed by atoms with Gasteiger partial charge < -0.3 is 26.2 Å². The van der Waals surface area contributed by atoms with E-state index in [4.69, 9.17) is 15.6 Å². The molecule has 1 aromatic rings. The van der Waals surface area contributed by atoms with Gasteiger partial charge in [-0.05, 0) is 12.5 Å². The first-order chi connectivity index (χ1) is 13.2. The molecule has 28 heavy (non-hydrogen) atoms. The van der Waals surface area contributed by atoms with Crippen molar-refractivity contribution in [1.29, 1.82) is 0 Å². The number of amides is 3. The van der Waals surface area contributed by atoms with Gasteiger partial charge in [-0.2, -0.15) is 0 Å². The summed E-state index contributed by atoms with van der Waals surface area (Å²) in [5, 5.41) is 12.5. The van der Waals surface area contributed by atoms with E-state index < -0.39 is 53.2 Å². The van der Waals surface area contributed by atoms with Crippen LogP contribution in [0.25, 0.3) is 0 Å². The summed E-state index contributed by atoms with van der Waals surface area (Å²) >= 11 is 0.491. The van der Waals surface area contributed by atoms with E-state index in [2.05, 4.69) is 10.6 Å². The van der Waals surface area contributed by atoms with Gasteiger partial charge in [0.05, 0.1) is 5.75 Å². The molecule has 0 spiro atoms. The Kier molecular flexibility index (Phi) is 9.51. The van der Waals surface area contributed by atoms with E-state index in [1.807, 2.05) is 0 Å². The Morgan fingerprint density at radius 1 is 1.14 bits per heavy atom. The van der Waals surface area contributed by atoms with Gasteiger partial charge in [0.15, 0.2) is 5.12 Å². The smallest absolute Gasteiger partial charge is 0.408 e. The second-order valence-corrected chi connectivity index (χ2v) is 6.68. The fourth-order valence-corrected chi connectivity index (χ4v) is 2.44. The molecule has 0 aromatic heterocycles. The first-order valence-corrected chi connectivity index (χ1v) is 9.12. The van der Waals surface area contributed by atoms with Crippen molar-refractivity contribution in [1.82, 2.24) is 10.6 Å². The average Bonchev–Trinajstić information content (AvgIpc) is 2.64. The van der Waals surface area contributed by atoms with Gasteiger partial charge in [-0.25, -0.2) is 4.79 Å². The third kappa shape index (κ3) is 9.03. The van der Waals surface area contributed by atoms with Crippen molar-refractivity contribution >= 4 is 40.8 Å². The SMILES string of the molecule is C[C@H](NC(=O)C(CC(=O)SCC(=O)O)NC(=O)OCc1ccccc1)C(N)=O. The van der Waals surface area contributed by atoms with E-state index in [1.54, 1.807) is 30.3 Å². The average molecular weight is 411 g/mol. The Bertz CT molecular complexity index is 727. The summed E-state index contributed by atoms with van der Waals surface area (Å²) in [6, 6.07) is 6.39. The van der Waals surface area contributed by atoms with E-state index in [0.29, 0.717) is 17.3 Å². The molecular weight excluding hydrogens is 390 g/mol. The van der Waals surface area contributed by atoms with Crippen molar-refractivity contribution in [3.05, 3.63) is 35.9 Å². The summed E-state index contributed by atoms with van der Waals surface area (Å²) in [7, 11) is 0. The maximum atomic E-state index is 12.3. The lowest BCUT2D eigenvalue weighted by Crippen LogP contribution is -2.52. The van der Waals surface area contributed by atoms with Crippen molar-refractivity contribution < 1.29 is 33.8 Å². The van der Waals surface area contributed by atoms with Crippen LogP contribution in [0.3, 0.4) is 0 Å². The second-order valence-electron chi connectivity index (χ2n) is 5.65. The van der Waals surface area contributed by atoms with Crippen LogP contribution in [-0.2, 0) is 30.5 Å². The molecule has 1 rings (SSSR count).